The average molecular weight is 226 g/mol. The molecule has 0 aliphatic rings. The number of para-hydroxylation sites is 1. The number of carboxylic acids is 1. The van der Waals surface area contributed by atoms with E-state index in [1.807, 2.05) is 18.2 Å². The van der Waals surface area contributed by atoms with Crippen LogP contribution in [0.2, 0.25) is 0 Å². The molecule has 0 amide bonds. The number of benzene rings is 1. The molecule has 2 unspecified atom stereocenters. The lowest BCUT2D eigenvalue weighted by atomic mass is 9.96. The fourth-order valence-electron chi connectivity index (χ4n) is 1.57. The van der Waals surface area contributed by atoms with E-state index in [-0.39, 0.29) is 0 Å². The molecule has 3 nitrogen and oxygen atoms in total. The van der Waals surface area contributed by atoms with Gasteiger partial charge in [0.15, 0.2) is 6.17 Å². The Morgan fingerprint density at radius 1 is 1.50 bits per heavy atom. The summed E-state index contributed by atoms with van der Waals surface area (Å²) >= 11 is 0. The van der Waals surface area contributed by atoms with E-state index in [0.29, 0.717) is 12.2 Å². The molecule has 0 spiro atoms. The van der Waals surface area contributed by atoms with Crippen LogP contribution in [0.25, 0.3) is 0 Å². The molecule has 0 aliphatic carbocycles. The summed E-state index contributed by atoms with van der Waals surface area (Å²) in [5.41, 5.74) is 0.821. The van der Waals surface area contributed by atoms with Crippen LogP contribution < -0.4 is 4.74 Å². The van der Waals surface area contributed by atoms with Gasteiger partial charge in [-0.3, -0.25) is 0 Å². The summed E-state index contributed by atoms with van der Waals surface area (Å²) < 4.78 is 18.3. The molecule has 88 valence electrons. The van der Waals surface area contributed by atoms with Gasteiger partial charge in [-0.25, -0.2) is 9.18 Å². The molecule has 0 heterocycles. The summed E-state index contributed by atoms with van der Waals surface area (Å²) in [6, 6.07) is 7.22. The zero-order chi connectivity index (χ0) is 12.1. The zero-order valence-electron chi connectivity index (χ0n) is 9.31. The summed E-state index contributed by atoms with van der Waals surface area (Å²) in [6.45, 7) is 1.57. The first-order valence-electron chi connectivity index (χ1n) is 5.05. The SMILES string of the molecule is COc1ccccc1CC(C)C(F)C(=O)O. The first kappa shape index (κ1) is 12.5. The zero-order valence-corrected chi connectivity index (χ0v) is 9.31. The number of methoxy groups -OCH3 is 1. The van der Waals surface area contributed by atoms with Crippen LogP contribution in [0, 0.1) is 5.92 Å². The smallest absolute Gasteiger partial charge is 0.338 e. The Hall–Kier alpha value is -1.58. The number of aliphatic carboxylic acids is 1. The molecule has 0 fully saturated rings. The van der Waals surface area contributed by atoms with Gasteiger partial charge in [0.25, 0.3) is 0 Å². The Morgan fingerprint density at radius 3 is 2.69 bits per heavy atom. The highest BCUT2D eigenvalue weighted by Crippen LogP contribution is 2.23. The third-order valence-electron chi connectivity index (χ3n) is 2.47. The van der Waals surface area contributed by atoms with Crippen LogP contribution in [-0.4, -0.2) is 24.4 Å². The number of carboxylic acid groups (broad SMARTS) is 1. The lowest BCUT2D eigenvalue weighted by molar-refractivity contribution is -0.144. The molecule has 1 aromatic carbocycles. The largest absolute Gasteiger partial charge is 0.496 e. The van der Waals surface area contributed by atoms with Crippen LogP contribution in [0.3, 0.4) is 0 Å². The summed E-state index contributed by atoms with van der Waals surface area (Å²) in [5.74, 6) is -1.33. The summed E-state index contributed by atoms with van der Waals surface area (Å²) in [4.78, 5) is 10.5. The van der Waals surface area contributed by atoms with Crippen molar-refractivity contribution in [2.24, 2.45) is 5.92 Å². The second-order valence-corrected chi connectivity index (χ2v) is 3.73. The van der Waals surface area contributed by atoms with E-state index in [9.17, 15) is 9.18 Å². The first-order chi connectivity index (χ1) is 7.56. The molecule has 16 heavy (non-hydrogen) atoms. The lowest BCUT2D eigenvalue weighted by Gasteiger charge is -2.15. The third kappa shape index (κ3) is 2.95. The van der Waals surface area contributed by atoms with Gasteiger partial charge in [0.1, 0.15) is 5.75 Å². The summed E-state index contributed by atoms with van der Waals surface area (Å²) in [6.07, 6.45) is -1.50. The predicted octanol–water partition coefficient (Wildman–Crippen LogP) is 2.30. The van der Waals surface area contributed by atoms with E-state index in [1.165, 1.54) is 7.11 Å². The van der Waals surface area contributed by atoms with Crippen molar-refractivity contribution in [2.45, 2.75) is 19.5 Å². The lowest BCUT2D eigenvalue weighted by Crippen LogP contribution is -2.24. The number of carbonyl (C=O) groups is 1. The van der Waals surface area contributed by atoms with E-state index in [1.54, 1.807) is 13.0 Å². The van der Waals surface area contributed by atoms with Crippen LogP contribution >= 0.6 is 0 Å². The quantitative estimate of drug-likeness (QED) is 0.837. The van der Waals surface area contributed by atoms with E-state index < -0.39 is 18.1 Å². The van der Waals surface area contributed by atoms with Gasteiger partial charge in [-0.05, 0) is 18.1 Å². The molecule has 0 aromatic heterocycles. The molecular formula is C12H15FO3. The van der Waals surface area contributed by atoms with Crippen molar-refractivity contribution in [1.29, 1.82) is 0 Å². The minimum absolute atomic E-state index is 0.345. The molecule has 1 aromatic rings. The van der Waals surface area contributed by atoms with Gasteiger partial charge >= 0.3 is 5.97 Å². The number of alkyl halides is 1. The summed E-state index contributed by atoms with van der Waals surface area (Å²) in [5, 5.41) is 8.55. The fourth-order valence-corrected chi connectivity index (χ4v) is 1.57. The Morgan fingerprint density at radius 2 is 2.12 bits per heavy atom. The minimum atomic E-state index is -1.84. The second-order valence-electron chi connectivity index (χ2n) is 3.73. The highest BCUT2D eigenvalue weighted by molar-refractivity contribution is 5.72. The first-order valence-corrected chi connectivity index (χ1v) is 5.05. The fraction of sp³-hybridized carbons (Fsp3) is 0.417. The molecule has 0 radical (unpaired) electrons. The Bertz CT molecular complexity index is 365. The summed E-state index contributed by atoms with van der Waals surface area (Å²) in [7, 11) is 1.54. The number of hydrogen-bond donors (Lipinski definition) is 1. The Balaban J connectivity index is 2.76. The van der Waals surface area contributed by atoms with Crippen molar-refractivity contribution in [3.8, 4) is 5.75 Å². The molecular weight excluding hydrogens is 211 g/mol. The van der Waals surface area contributed by atoms with Gasteiger partial charge in [0.05, 0.1) is 7.11 Å². The normalized spacial score (nSPS) is 14.2. The van der Waals surface area contributed by atoms with E-state index >= 15 is 0 Å². The van der Waals surface area contributed by atoms with Crippen molar-refractivity contribution in [1.82, 2.24) is 0 Å². The van der Waals surface area contributed by atoms with Crippen molar-refractivity contribution in [3.63, 3.8) is 0 Å². The highest BCUT2D eigenvalue weighted by Gasteiger charge is 2.24. The van der Waals surface area contributed by atoms with Crippen molar-refractivity contribution in [3.05, 3.63) is 29.8 Å². The van der Waals surface area contributed by atoms with Gasteiger partial charge in [0.2, 0.25) is 0 Å². The van der Waals surface area contributed by atoms with Crippen LogP contribution in [0.4, 0.5) is 4.39 Å². The van der Waals surface area contributed by atoms with E-state index in [2.05, 4.69) is 0 Å². The number of ether oxygens (including phenoxy) is 1. The van der Waals surface area contributed by atoms with Crippen LogP contribution in [0.1, 0.15) is 12.5 Å². The predicted molar refractivity (Wildman–Crippen MR) is 58.4 cm³/mol. The molecule has 0 saturated carbocycles. The number of halogens is 1. The van der Waals surface area contributed by atoms with Gasteiger partial charge in [0, 0.05) is 5.92 Å². The molecule has 0 saturated heterocycles. The van der Waals surface area contributed by atoms with Crippen LogP contribution in [-0.2, 0) is 11.2 Å². The average Bonchev–Trinajstić information content (AvgIpc) is 2.28. The van der Waals surface area contributed by atoms with Gasteiger partial charge < -0.3 is 9.84 Å². The molecule has 0 bridgehead atoms. The molecule has 1 rings (SSSR count). The van der Waals surface area contributed by atoms with E-state index in [0.717, 1.165) is 5.56 Å². The maximum Gasteiger partial charge on any atom is 0.338 e. The van der Waals surface area contributed by atoms with Crippen LogP contribution in [0.5, 0.6) is 5.75 Å². The number of hydrogen-bond acceptors (Lipinski definition) is 2. The topological polar surface area (TPSA) is 46.5 Å². The monoisotopic (exact) mass is 226 g/mol. The molecule has 1 N–H and O–H groups in total. The second kappa shape index (κ2) is 5.49. The van der Waals surface area contributed by atoms with Crippen LogP contribution in [0.15, 0.2) is 24.3 Å². The van der Waals surface area contributed by atoms with Crippen molar-refractivity contribution < 1.29 is 19.0 Å². The standard InChI is InChI=1S/C12H15FO3/c1-8(11(13)12(14)15)7-9-5-3-4-6-10(9)16-2/h3-6,8,11H,7H2,1-2H3,(H,14,15). The van der Waals surface area contributed by atoms with Gasteiger partial charge in [-0.2, -0.15) is 0 Å². The number of rotatable bonds is 5. The van der Waals surface area contributed by atoms with E-state index in [4.69, 9.17) is 9.84 Å². The van der Waals surface area contributed by atoms with Crippen molar-refractivity contribution in [2.75, 3.05) is 7.11 Å². The Kier molecular flexibility index (Phi) is 4.28. The maximum atomic E-state index is 13.2. The van der Waals surface area contributed by atoms with Gasteiger partial charge in [-0.1, -0.05) is 25.1 Å². The Labute approximate surface area is 93.9 Å². The minimum Gasteiger partial charge on any atom is -0.496 e. The molecule has 4 heteroatoms. The molecule has 0 aliphatic heterocycles. The third-order valence-corrected chi connectivity index (χ3v) is 2.47. The maximum absolute atomic E-state index is 13.2. The highest BCUT2D eigenvalue weighted by atomic mass is 19.1. The van der Waals surface area contributed by atoms with Crippen molar-refractivity contribution >= 4 is 5.97 Å². The van der Waals surface area contributed by atoms with Gasteiger partial charge in [-0.15, -0.1) is 0 Å². The molecule has 2 atom stereocenters.